The first-order chi connectivity index (χ1) is 15.7. The van der Waals surface area contributed by atoms with E-state index in [-0.39, 0.29) is 11.7 Å². The van der Waals surface area contributed by atoms with Crippen molar-refractivity contribution in [3.8, 4) is 0 Å². The molecule has 0 saturated heterocycles. The Morgan fingerprint density at radius 2 is 1.75 bits per heavy atom. The van der Waals surface area contributed by atoms with E-state index in [0.29, 0.717) is 11.0 Å². The number of nitrogens with zero attached hydrogens (tertiary/aromatic N) is 4. The molecule has 6 nitrogen and oxygen atoms in total. The Labute approximate surface area is 195 Å². The van der Waals surface area contributed by atoms with Crippen LogP contribution < -0.4 is 5.32 Å². The van der Waals surface area contributed by atoms with E-state index >= 15 is 0 Å². The predicted molar refractivity (Wildman–Crippen MR) is 128 cm³/mol. The Bertz CT molecular complexity index is 1190. The number of hydrogen-bond donors (Lipinski definition) is 1. The molecule has 0 spiro atoms. The number of benzene rings is 2. The molecule has 1 N–H and O–H groups in total. The maximum atomic E-state index is 12.6. The molecule has 2 aromatic carbocycles. The van der Waals surface area contributed by atoms with Crippen molar-refractivity contribution in [2.75, 3.05) is 11.1 Å². The molecule has 2 heterocycles. The number of carbonyl (C=O) groups is 1. The molecule has 0 radical (unpaired) electrons. The Hall–Kier alpha value is -2.97. The van der Waals surface area contributed by atoms with Crippen LogP contribution in [0.25, 0.3) is 0 Å². The zero-order chi connectivity index (χ0) is 21.8. The molecule has 2 aromatic heterocycles. The second-order valence-electron chi connectivity index (χ2n) is 7.82. The highest BCUT2D eigenvalue weighted by Gasteiger charge is 2.30. The van der Waals surface area contributed by atoms with Crippen molar-refractivity contribution in [1.82, 2.24) is 19.7 Å². The van der Waals surface area contributed by atoms with Gasteiger partial charge in [0.2, 0.25) is 5.91 Å². The molecule has 162 valence electrons. The van der Waals surface area contributed by atoms with Gasteiger partial charge in [-0.2, -0.15) is 0 Å². The minimum Gasteiger partial charge on any atom is -0.301 e. The topological polar surface area (TPSA) is 72.7 Å². The predicted octanol–water partition coefficient (Wildman–Crippen LogP) is 4.98. The zero-order valence-corrected chi connectivity index (χ0v) is 19.1. The van der Waals surface area contributed by atoms with Crippen LogP contribution in [-0.4, -0.2) is 31.4 Å². The van der Waals surface area contributed by atoms with Gasteiger partial charge in [-0.15, -0.1) is 21.5 Å². The first kappa shape index (κ1) is 20.9. The normalized spacial score (nSPS) is 13.2. The van der Waals surface area contributed by atoms with Crippen LogP contribution in [0.15, 0.2) is 72.0 Å². The Kier molecular flexibility index (Phi) is 6.31. The maximum Gasteiger partial charge on any atom is 0.236 e. The smallest absolute Gasteiger partial charge is 0.236 e. The summed E-state index contributed by atoms with van der Waals surface area (Å²) in [6.07, 6.45) is 4.97. The number of hydrogen-bond acceptors (Lipinski definition) is 6. The molecular formula is C24H23N5OS2. The van der Waals surface area contributed by atoms with Crippen molar-refractivity contribution in [1.29, 1.82) is 0 Å². The molecular weight excluding hydrogens is 438 g/mol. The fourth-order valence-corrected chi connectivity index (χ4v) is 5.10. The van der Waals surface area contributed by atoms with Gasteiger partial charge in [0.1, 0.15) is 5.82 Å². The summed E-state index contributed by atoms with van der Waals surface area (Å²) in [6.45, 7) is 0.721. The summed E-state index contributed by atoms with van der Waals surface area (Å²) in [5.74, 6) is 1.71. The van der Waals surface area contributed by atoms with E-state index in [1.54, 1.807) is 0 Å². The van der Waals surface area contributed by atoms with Crippen molar-refractivity contribution < 1.29 is 4.79 Å². The molecule has 5 rings (SSSR count). The summed E-state index contributed by atoms with van der Waals surface area (Å²) in [5.41, 5.74) is 2.43. The van der Waals surface area contributed by atoms with Crippen LogP contribution in [0.4, 0.5) is 5.13 Å². The van der Waals surface area contributed by atoms with Gasteiger partial charge < -0.3 is 9.88 Å². The van der Waals surface area contributed by atoms with E-state index in [9.17, 15) is 4.79 Å². The largest absolute Gasteiger partial charge is 0.301 e. The average molecular weight is 462 g/mol. The van der Waals surface area contributed by atoms with Crippen molar-refractivity contribution in [3.63, 3.8) is 0 Å². The lowest BCUT2D eigenvalue weighted by molar-refractivity contribution is -0.113. The molecule has 0 aliphatic heterocycles. The summed E-state index contributed by atoms with van der Waals surface area (Å²) in [5, 5.41) is 13.2. The lowest BCUT2D eigenvalue weighted by atomic mass is 10.1. The number of carbonyl (C=O) groups excluding carboxylic acids is 1. The third-order valence-corrected chi connectivity index (χ3v) is 7.10. The Morgan fingerprint density at radius 3 is 2.47 bits per heavy atom. The number of anilines is 1. The van der Waals surface area contributed by atoms with Crippen molar-refractivity contribution >= 4 is 34.1 Å². The quantitative estimate of drug-likeness (QED) is 0.356. The van der Waals surface area contributed by atoms with Crippen LogP contribution in [0, 0.1) is 0 Å². The number of rotatable bonds is 9. The number of nitrogens with one attached hydrogen (secondary N) is 1. The van der Waals surface area contributed by atoms with Gasteiger partial charge in [-0.3, -0.25) is 4.79 Å². The van der Waals surface area contributed by atoms with Gasteiger partial charge in [-0.1, -0.05) is 72.4 Å². The lowest BCUT2D eigenvalue weighted by Gasteiger charge is -2.10. The summed E-state index contributed by atoms with van der Waals surface area (Å²) >= 11 is 2.94. The molecule has 8 heteroatoms. The number of thiazole rings is 1. The summed E-state index contributed by atoms with van der Waals surface area (Å²) < 4.78 is 2.16. The third-order valence-electron chi connectivity index (χ3n) is 5.22. The van der Waals surface area contributed by atoms with Gasteiger partial charge in [0, 0.05) is 23.4 Å². The van der Waals surface area contributed by atoms with Crippen LogP contribution in [0.3, 0.4) is 0 Å². The molecule has 1 aliphatic rings. The Morgan fingerprint density at radius 1 is 1.03 bits per heavy atom. The summed E-state index contributed by atoms with van der Waals surface area (Å²) in [6, 6.07) is 20.6. The van der Waals surface area contributed by atoms with Crippen LogP contribution >= 0.6 is 23.1 Å². The van der Waals surface area contributed by atoms with Crippen molar-refractivity contribution in [2.45, 2.75) is 36.9 Å². The Balaban J connectivity index is 1.20. The van der Waals surface area contributed by atoms with Crippen molar-refractivity contribution in [3.05, 3.63) is 88.7 Å². The van der Waals surface area contributed by atoms with Gasteiger partial charge >= 0.3 is 0 Å². The van der Waals surface area contributed by atoms with Crippen LogP contribution in [-0.2, 0) is 17.8 Å². The molecule has 1 aliphatic carbocycles. The molecule has 1 amide bonds. The standard InChI is InChI=1S/C24H23N5OS2/c30-21(26-23-25-14-20(32-23)13-17-7-3-1-4-8-17)16-31-24-28-27-22(19-11-12-19)29(24)15-18-9-5-2-6-10-18/h1-10,14,19H,11-13,15-16H2,(H,25,26,30). The molecule has 1 saturated carbocycles. The third kappa shape index (κ3) is 5.26. The van der Waals surface area contributed by atoms with Gasteiger partial charge in [0.25, 0.3) is 0 Å². The highest BCUT2D eigenvalue weighted by atomic mass is 32.2. The maximum absolute atomic E-state index is 12.6. The van der Waals surface area contributed by atoms with Gasteiger partial charge in [0.15, 0.2) is 10.3 Å². The number of thioether (sulfide) groups is 1. The second-order valence-corrected chi connectivity index (χ2v) is 9.88. The van der Waals surface area contributed by atoms with Crippen LogP contribution in [0.1, 0.15) is 40.6 Å². The van der Waals surface area contributed by atoms with E-state index in [0.717, 1.165) is 41.7 Å². The van der Waals surface area contributed by atoms with Crippen LogP contribution in [0.2, 0.25) is 0 Å². The fourth-order valence-electron chi connectivity index (χ4n) is 3.49. The first-order valence-electron chi connectivity index (χ1n) is 10.6. The SMILES string of the molecule is O=C(CSc1nnc(C2CC2)n1Cc1ccccc1)Nc1ncc(Cc2ccccc2)s1. The minimum atomic E-state index is -0.0853. The van der Waals surface area contributed by atoms with Gasteiger partial charge in [-0.05, 0) is 24.0 Å². The lowest BCUT2D eigenvalue weighted by Crippen LogP contribution is -2.14. The van der Waals surface area contributed by atoms with Crippen LogP contribution in [0.5, 0.6) is 0 Å². The first-order valence-corrected chi connectivity index (χ1v) is 12.4. The van der Waals surface area contributed by atoms with Crippen molar-refractivity contribution in [2.24, 2.45) is 0 Å². The van der Waals surface area contributed by atoms with Gasteiger partial charge in [0.05, 0.1) is 12.3 Å². The molecule has 0 bridgehead atoms. The van der Waals surface area contributed by atoms with E-state index in [1.165, 1.54) is 34.2 Å². The molecule has 1 fully saturated rings. The monoisotopic (exact) mass is 461 g/mol. The zero-order valence-electron chi connectivity index (χ0n) is 17.5. The average Bonchev–Trinajstić information content (AvgIpc) is 3.45. The second kappa shape index (κ2) is 9.67. The van der Waals surface area contributed by atoms with E-state index in [2.05, 4.69) is 49.3 Å². The number of amides is 1. The molecule has 0 atom stereocenters. The van der Waals surface area contributed by atoms with E-state index < -0.39 is 0 Å². The summed E-state index contributed by atoms with van der Waals surface area (Å²) in [4.78, 5) is 18.0. The minimum absolute atomic E-state index is 0.0853. The van der Waals surface area contributed by atoms with Gasteiger partial charge in [-0.25, -0.2) is 4.98 Å². The molecule has 0 unspecified atom stereocenters. The highest BCUT2D eigenvalue weighted by molar-refractivity contribution is 7.99. The van der Waals surface area contributed by atoms with E-state index in [1.807, 2.05) is 42.6 Å². The fraction of sp³-hybridized carbons (Fsp3) is 0.250. The van der Waals surface area contributed by atoms with E-state index in [4.69, 9.17) is 0 Å². The molecule has 4 aromatic rings. The molecule has 32 heavy (non-hydrogen) atoms. The number of aromatic nitrogens is 4. The highest BCUT2D eigenvalue weighted by Crippen LogP contribution is 2.40. The summed E-state index contributed by atoms with van der Waals surface area (Å²) in [7, 11) is 0.